The van der Waals surface area contributed by atoms with Crippen molar-refractivity contribution in [2.45, 2.75) is 45.1 Å². The van der Waals surface area contributed by atoms with Gasteiger partial charge in [-0.25, -0.2) is 9.48 Å². The van der Waals surface area contributed by atoms with Gasteiger partial charge in [-0.2, -0.15) is 5.06 Å². The maximum atomic E-state index is 11.9. The highest BCUT2D eigenvalue weighted by molar-refractivity contribution is 6.30. The number of nitrogens with zero attached hydrogens (tertiary/aromatic N) is 3. The lowest BCUT2D eigenvalue weighted by Crippen LogP contribution is -2.39. The first-order chi connectivity index (χ1) is 19.2. The molecule has 12 nitrogen and oxygen atoms in total. The van der Waals surface area contributed by atoms with E-state index in [0.29, 0.717) is 16.6 Å². The zero-order valence-corrected chi connectivity index (χ0v) is 24.7. The molecule has 224 valence electrons. The Hall–Kier alpha value is -4.00. The summed E-state index contributed by atoms with van der Waals surface area (Å²) in [7, 11) is 2.68. The van der Waals surface area contributed by atoms with Crippen LogP contribution < -0.4 is 26.6 Å². The van der Waals surface area contributed by atoms with Crippen LogP contribution in [0.3, 0.4) is 0 Å². The normalized spacial score (nSPS) is 11.7. The van der Waals surface area contributed by atoms with Crippen molar-refractivity contribution in [2.75, 3.05) is 19.3 Å². The molecular weight excluding hydrogens is 571 g/mol. The lowest BCUT2D eigenvalue weighted by Gasteiger charge is -2.20. The van der Waals surface area contributed by atoms with Crippen molar-refractivity contribution in [3.05, 3.63) is 71.4 Å². The Morgan fingerprint density at radius 3 is 2.02 bits per heavy atom. The second-order valence-electron chi connectivity index (χ2n) is 8.51. The summed E-state index contributed by atoms with van der Waals surface area (Å²) in [6.07, 6.45) is 10.2. The van der Waals surface area contributed by atoms with E-state index < -0.39 is 6.09 Å². The van der Waals surface area contributed by atoms with E-state index in [0.717, 1.165) is 16.3 Å². The average Bonchev–Trinajstić information content (AvgIpc) is 3.43. The summed E-state index contributed by atoms with van der Waals surface area (Å²) < 4.78 is 12.2. The molecule has 1 fully saturated rings. The monoisotopic (exact) mass is 608 g/mol. The van der Waals surface area contributed by atoms with Crippen LogP contribution in [-0.2, 0) is 16.2 Å². The molecule has 7 N–H and O–H groups in total. The van der Waals surface area contributed by atoms with Crippen LogP contribution in [0.15, 0.2) is 60.8 Å². The van der Waals surface area contributed by atoms with E-state index in [2.05, 4.69) is 5.10 Å². The van der Waals surface area contributed by atoms with Gasteiger partial charge < -0.3 is 20.9 Å². The number of carbonyl (C=O) groups excluding carboxylic acids is 1. The van der Waals surface area contributed by atoms with Crippen LogP contribution in [-0.4, -0.2) is 42.0 Å². The van der Waals surface area contributed by atoms with E-state index in [-0.39, 0.29) is 30.9 Å². The van der Waals surface area contributed by atoms with Crippen LogP contribution in [0.1, 0.15) is 44.1 Å². The fraction of sp³-hybridized carbons (Fsp3) is 0.333. The summed E-state index contributed by atoms with van der Waals surface area (Å²) in [5, 5.41) is 21.1. The Kier molecular flexibility index (Phi) is 16.4. The topological polar surface area (TPSA) is 178 Å². The number of hydrogen-bond donors (Lipinski definition) is 5. The van der Waals surface area contributed by atoms with E-state index in [1.54, 1.807) is 41.2 Å². The highest BCUT2D eigenvalue weighted by Crippen LogP contribution is 2.23. The molecule has 1 amide bonds. The Morgan fingerprint density at radius 2 is 1.54 bits per heavy atom. The van der Waals surface area contributed by atoms with E-state index in [9.17, 15) is 4.79 Å². The number of benzene rings is 2. The number of rotatable bonds is 6. The minimum absolute atomic E-state index is 0. The van der Waals surface area contributed by atoms with Gasteiger partial charge in [0.1, 0.15) is 6.61 Å². The Bertz CT molecular complexity index is 1200. The van der Waals surface area contributed by atoms with E-state index in [1.165, 1.54) is 52.7 Å². The van der Waals surface area contributed by atoms with Gasteiger partial charge in [0.2, 0.25) is 5.88 Å². The zero-order chi connectivity index (χ0) is 29.3. The van der Waals surface area contributed by atoms with Gasteiger partial charge >= 0.3 is 6.09 Å². The smallest absolute Gasteiger partial charge is 0.438 e. The number of amides is 1. The Labute approximate surface area is 251 Å². The van der Waals surface area contributed by atoms with E-state index in [1.807, 2.05) is 29.6 Å². The summed E-state index contributed by atoms with van der Waals surface area (Å²) in [4.78, 5) is 17.0. The molecule has 0 saturated heterocycles. The molecule has 0 aliphatic heterocycles. The SMILES string of the molecule is C1CCCCC1.COC(=O)N(OC)c1ccccc1COc1ccn(-c2ccc(Cl)cc2)n1.Cl.N=C(N)NC(=N)N. The molecule has 0 spiro atoms. The lowest BCUT2D eigenvalue weighted by atomic mass is 10.0. The Morgan fingerprint density at radius 1 is 0.976 bits per heavy atom. The fourth-order valence-corrected chi connectivity index (χ4v) is 3.79. The van der Waals surface area contributed by atoms with Crippen LogP contribution in [0.25, 0.3) is 5.69 Å². The maximum absolute atomic E-state index is 11.9. The van der Waals surface area contributed by atoms with Crippen molar-refractivity contribution in [3.63, 3.8) is 0 Å². The molecule has 1 heterocycles. The highest BCUT2D eigenvalue weighted by atomic mass is 35.5. The Balaban J connectivity index is 0.000000496. The fourth-order valence-electron chi connectivity index (χ4n) is 3.66. The van der Waals surface area contributed by atoms with Crippen molar-refractivity contribution in [2.24, 2.45) is 11.5 Å². The second-order valence-corrected chi connectivity index (χ2v) is 8.95. The van der Waals surface area contributed by atoms with Gasteiger partial charge in [-0.05, 0) is 30.3 Å². The van der Waals surface area contributed by atoms with Gasteiger partial charge in [0.05, 0.1) is 25.6 Å². The number of hydrogen-bond acceptors (Lipinski definition) is 7. The highest BCUT2D eigenvalue weighted by Gasteiger charge is 2.19. The molecule has 1 aliphatic carbocycles. The van der Waals surface area contributed by atoms with Gasteiger partial charge in [0.25, 0.3) is 0 Å². The molecule has 0 radical (unpaired) electrons. The van der Waals surface area contributed by atoms with Crippen molar-refractivity contribution < 1.29 is 19.1 Å². The lowest BCUT2D eigenvalue weighted by molar-refractivity contribution is 0.115. The van der Waals surface area contributed by atoms with Crippen LogP contribution >= 0.6 is 24.0 Å². The number of anilines is 1. The molecule has 41 heavy (non-hydrogen) atoms. The summed E-state index contributed by atoms with van der Waals surface area (Å²) in [5.41, 5.74) is 11.6. The van der Waals surface area contributed by atoms with Gasteiger partial charge in [-0.15, -0.1) is 17.5 Å². The summed E-state index contributed by atoms with van der Waals surface area (Å²) in [6, 6.07) is 16.3. The predicted octanol–water partition coefficient (Wildman–Crippen LogP) is 5.36. The molecule has 3 aromatic rings. The number of para-hydroxylation sites is 1. The first kappa shape index (κ1) is 35.0. The van der Waals surface area contributed by atoms with Crippen molar-refractivity contribution >= 4 is 47.7 Å². The summed E-state index contributed by atoms with van der Waals surface area (Å²) in [5.74, 6) is -0.179. The number of ether oxygens (including phenoxy) is 2. The molecule has 4 rings (SSSR count). The summed E-state index contributed by atoms with van der Waals surface area (Å²) in [6.45, 7) is 0.199. The number of guanidine groups is 2. The van der Waals surface area contributed by atoms with Gasteiger partial charge in [0, 0.05) is 22.8 Å². The summed E-state index contributed by atoms with van der Waals surface area (Å²) >= 11 is 5.91. The molecule has 0 bridgehead atoms. The molecule has 0 atom stereocenters. The van der Waals surface area contributed by atoms with Crippen molar-refractivity contribution in [1.82, 2.24) is 15.1 Å². The molecule has 1 aliphatic rings. The van der Waals surface area contributed by atoms with E-state index in [4.69, 9.17) is 48.2 Å². The number of aromatic nitrogens is 2. The predicted molar refractivity (Wildman–Crippen MR) is 163 cm³/mol. The third kappa shape index (κ3) is 12.8. The van der Waals surface area contributed by atoms with Crippen LogP contribution in [0.2, 0.25) is 5.02 Å². The standard InChI is InChI=1S/C19H18ClN3O4.C6H12.C2H7N5.ClH/c1-25-19(24)23(26-2)17-6-4-3-5-14(17)13-27-18-11-12-22(21-18)16-9-7-15(20)8-10-16;1-2-4-6-5-3-1;3-1(4)7-2(5)6;/h3-12H,13H2,1-2H3;1-6H2;(H7,3,4,5,6,7);1H. The number of methoxy groups -OCH3 is 1. The minimum Gasteiger partial charge on any atom is -0.472 e. The van der Waals surface area contributed by atoms with Crippen LogP contribution in [0.5, 0.6) is 5.88 Å². The first-order valence-electron chi connectivity index (χ1n) is 12.6. The molecule has 14 heteroatoms. The van der Waals surface area contributed by atoms with Crippen LogP contribution in [0, 0.1) is 10.8 Å². The van der Waals surface area contributed by atoms with Gasteiger partial charge in [0.15, 0.2) is 11.9 Å². The first-order valence-corrected chi connectivity index (χ1v) is 13.0. The molecular formula is C27H38Cl2N8O4. The number of carbonyl (C=O) groups is 1. The number of halogens is 2. The van der Waals surface area contributed by atoms with Gasteiger partial charge in [-0.1, -0.05) is 68.3 Å². The van der Waals surface area contributed by atoms with Crippen molar-refractivity contribution in [1.29, 1.82) is 10.8 Å². The van der Waals surface area contributed by atoms with Crippen LogP contribution in [0.4, 0.5) is 10.5 Å². The largest absolute Gasteiger partial charge is 0.472 e. The second kappa shape index (κ2) is 19.1. The zero-order valence-electron chi connectivity index (χ0n) is 23.1. The van der Waals surface area contributed by atoms with Gasteiger partial charge in [-0.3, -0.25) is 21.0 Å². The maximum Gasteiger partial charge on any atom is 0.438 e. The average molecular weight is 610 g/mol. The molecule has 1 aromatic heterocycles. The minimum atomic E-state index is -0.628. The molecule has 2 aromatic carbocycles. The molecule has 0 unspecified atom stereocenters. The number of nitrogens with two attached hydrogens (primary N) is 2. The van der Waals surface area contributed by atoms with E-state index >= 15 is 0 Å². The third-order valence-corrected chi connectivity index (χ3v) is 5.79. The third-order valence-electron chi connectivity index (χ3n) is 5.53. The molecule has 1 saturated carbocycles. The quantitative estimate of drug-likeness (QED) is 0.141. The number of nitrogens with one attached hydrogen (secondary N) is 3. The number of hydroxylamine groups is 1. The van der Waals surface area contributed by atoms with Crippen molar-refractivity contribution in [3.8, 4) is 11.6 Å².